The van der Waals surface area contributed by atoms with Crippen molar-refractivity contribution >= 4 is 29.6 Å². The summed E-state index contributed by atoms with van der Waals surface area (Å²) in [5, 5.41) is 6.40. The fourth-order valence-corrected chi connectivity index (χ4v) is 3.86. The summed E-state index contributed by atoms with van der Waals surface area (Å²) in [7, 11) is 0. The van der Waals surface area contributed by atoms with E-state index in [0.29, 0.717) is 5.25 Å². The molecule has 0 radical (unpaired) electrons. The van der Waals surface area contributed by atoms with Crippen molar-refractivity contribution in [1.82, 2.24) is 10.6 Å². The van der Waals surface area contributed by atoms with Gasteiger partial charge in [0, 0.05) is 34.6 Å². The number of carbonyl (C=O) groups excluding carboxylic acids is 1. The van der Waals surface area contributed by atoms with Gasteiger partial charge < -0.3 is 10.6 Å². The zero-order valence-electron chi connectivity index (χ0n) is 9.63. The Morgan fingerprint density at radius 1 is 1.40 bits per heavy atom. The fraction of sp³-hybridized carbons (Fsp3) is 0.900. The maximum absolute atomic E-state index is 11.5. The molecule has 0 bridgehead atoms. The Hall–Kier alpha value is -0.0300. The van der Waals surface area contributed by atoms with Crippen LogP contribution in [0.4, 0.5) is 4.79 Å². The highest BCUT2D eigenvalue weighted by molar-refractivity contribution is 8.06. The van der Waals surface area contributed by atoms with Crippen LogP contribution < -0.4 is 10.6 Å². The fourth-order valence-electron chi connectivity index (χ4n) is 1.25. The predicted molar refractivity (Wildman–Crippen MR) is 69.9 cm³/mol. The van der Waals surface area contributed by atoms with Crippen LogP contribution in [0.25, 0.3) is 0 Å². The van der Waals surface area contributed by atoms with E-state index in [-0.39, 0.29) is 11.6 Å². The van der Waals surface area contributed by atoms with Crippen molar-refractivity contribution in [1.29, 1.82) is 0 Å². The summed E-state index contributed by atoms with van der Waals surface area (Å²) in [6.07, 6.45) is 0. The first-order chi connectivity index (χ1) is 6.97. The molecule has 2 amide bonds. The molecule has 2 N–H and O–H groups in total. The Bertz CT molecular complexity index is 210. The van der Waals surface area contributed by atoms with E-state index in [9.17, 15) is 4.79 Å². The molecule has 1 aliphatic heterocycles. The lowest BCUT2D eigenvalue weighted by Crippen LogP contribution is -2.48. The van der Waals surface area contributed by atoms with Crippen molar-refractivity contribution in [2.45, 2.75) is 31.6 Å². The van der Waals surface area contributed by atoms with Crippen molar-refractivity contribution in [2.24, 2.45) is 0 Å². The van der Waals surface area contributed by atoms with E-state index in [0.717, 1.165) is 12.3 Å². The van der Waals surface area contributed by atoms with Crippen LogP contribution in [0.1, 0.15) is 20.8 Å². The van der Waals surface area contributed by atoms with Crippen LogP contribution >= 0.6 is 23.5 Å². The second-order valence-electron chi connectivity index (χ2n) is 4.65. The van der Waals surface area contributed by atoms with Crippen molar-refractivity contribution in [2.75, 3.05) is 23.8 Å². The predicted octanol–water partition coefficient (Wildman–Crippen LogP) is 1.93. The first-order valence-corrected chi connectivity index (χ1v) is 7.43. The van der Waals surface area contributed by atoms with Gasteiger partial charge in [0.2, 0.25) is 0 Å². The maximum atomic E-state index is 11.5. The minimum absolute atomic E-state index is 0.0568. The minimum Gasteiger partial charge on any atom is -0.337 e. The molecule has 0 spiro atoms. The number of hydrogen-bond donors (Lipinski definition) is 2. The molecule has 0 aliphatic carbocycles. The van der Waals surface area contributed by atoms with E-state index in [2.05, 4.69) is 10.6 Å². The van der Waals surface area contributed by atoms with Crippen LogP contribution in [0.2, 0.25) is 0 Å². The van der Waals surface area contributed by atoms with Crippen LogP contribution in [0.5, 0.6) is 0 Å². The van der Waals surface area contributed by atoms with Gasteiger partial charge >= 0.3 is 6.03 Å². The molecule has 1 atom stereocenters. The highest BCUT2D eigenvalue weighted by Crippen LogP contribution is 2.23. The SMILES string of the molecule is CC(C)(C)NC(=O)NCC1CSCCS1. The molecule has 1 unspecified atom stereocenters. The molecule has 88 valence electrons. The third-order valence-electron chi connectivity index (χ3n) is 1.86. The van der Waals surface area contributed by atoms with E-state index in [1.54, 1.807) is 0 Å². The molecule has 1 rings (SSSR count). The molecular weight excluding hydrogens is 228 g/mol. The van der Waals surface area contributed by atoms with Gasteiger partial charge in [-0.2, -0.15) is 23.5 Å². The summed E-state index contributed by atoms with van der Waals surface area (Å²) in [6.45, 7) is 6.73. The van der Waals surface area contributed by atoms with Crippen LogP contribution in [-0.4, -0.2) is 40.6 Å². The number of carbonyl (C=O) groups is 1. The topological polar surface area (TPSA) is 41.1 Å². The minimum atomic E-state index is -0.154. The quantitative estimate of drug-likeness (QED) is 0.784. The first kappa shape index (κ1) is 13.0. The number of hydrogen-bond acceptors (Lipinski definition) is 3. The van der Waals surface area contributed by atoms with Crippen LogP contribution in [0.15, 0.2) is 0 Å². The van der Waals surface area contributed by atoms with Crippen LogP contribution in [-0.2, 0) is 0 Å². The Morgan fingerprint density at radius 3 is 2.67 bits per heavy atom. The third kappa shape index (κ3) is 6.20. The van der Waals surface area contributed by atoms with Gasteiger partial charge in [0.25, 0.3) is 0 Å². The van der Waals surface area contributed by atoms with E-state index in [4.69, 9.17) is 0 Å². The molecule has 3 nitrogen and oxygen atoms in total. The number of rotatable bonds is 2. The summed E-state index contributed by atoms with van der Waals surface area (Å²) < 4.78 is 0. The van der Waals surface area contributed by atoms with E-state index < -0.39 is 0 Å². The van der Waals surface area contributed by atoms with Crippen molar-refractivity contribution in [3.8, 4) is 0 Å². The number of urea groups is 1. The lowest BCUT2D eigenvalue weighted by molar-refractivity contribution is 0.232. The summed E-state index contributed by atoms with van der Waals surface area (Å²) >= 11 is 3.94. The molecule has 1 saturated heterocycles. The largest absolute Gasteiger partial charge is 0.337 e. The van der Waals surface area contributed by atoms with Crippen molar-refractivity contribution < 1.29 is 4.79 Å². The molecule has 1 fully saturated rings. The molecule has 5 heteroatoms. The third-order valence-corrected chi connectivity index (χ3v) is 4.71. The number of thioether (sulfide) groups is 2. The van der Waals surface area contributed by atoms with Gasteiger partial charge in [-0.25, -0.2) is 4.79 Å². The van der Waals surface area contributed by atoms with E-state index in [1.807, 2.05) is 44.3 Å². The van der Waals surface area contributed by atoms with Gasteiger partial charge in [-0.3, -0.25) is 0 Å². The summed E-state index contributed by atoms with van der Waals surface area (Å²) in [4.78, 5) is 11.5. The van der Waals surface area contributed by atoms with Gasteiger partial charge in [0.15, 0.2) is 0 Å². The van der Waals surface area contributed by atoms with Crippen LogP contribution in [0, 0.1) is 0 Å². The summed E-state index contributed by atoms with van der Waals surface area (Å²) in [6, 6.07) is -0.0568. The highest BCUT2D eigenvalue weighted by Gasteiger charge is 2.17. The molecular formula is C10H20N2OS2. The lowest BCUT2D eigenvalue weighted by atomic mass is 10.1. The zero-order chi connectivity index (χ0) is 11.3. The maximum Gasteiger partial charge on any atom is 0.315 e. The van der Waals surface area contributed by atoms with Crippen molar-refractivity contribution in [3.63, 3.8) is 0 Å². The average Bonchev–Trinajstić information content (AvgIpc) is 2.14. The second kappa shape index (κ2) is 5.89. The summed E-state index contributed by atoms with van der Waals surface area (Å²) in [5.41, 5.74) is -0.154. The summed E-state index contributed by atoms with van der Waals surface area (Å²) in [5.74, 6) is 3.60. The molecule has 15 heavy (non-hydrogen) atoms. The smallest absolute Gasteiger partial charge is 0.315 e. The second-order valence-corrected chi connectivity index (χ2v) is 7.21. The number of amides is 2. The van der Waals surface area contributed by atoms with Gasteiger partial charge in [-0.1, -0.05) is 0 Å². The van der Waals surface area contributed by atoms with Gasteiger partial charge in [0.1, 0.15) is 0 Å². The molecule has 0 aromatic rings. The van der Waals surface area contributed by atoms with E-state index >= 15 is 0 Å². The zero-order valence-corrected chi connectivity index (χ0v) is 11.3. The Morgan fingerprint density at radius 2 is 2.13 bits per heavy atom. The normalized spacial score (nSPS) is 22.2. The first-order valence-electron chi connectivity index (χ1n) is 5.23. The van der Waals surface area contributed by atoms with Crippen LogP contribution in [0.3, 0.4) is 0 Å². The average molecular weight is 248 g/mol. The standard InChI is InChI=1S/C10H20N2OS2/c1-10(2,3)12-9(13)11-6-8-7-14-4-5-15-8/h8H,4-7H2,1-3H3,(H2,11,12,13). The molecule has 1 heterocycles. The molecule has 0 saturated carbocycles. The van der Waals surface area contributed by atoms with E-state index in [1.165, 1.54) is 11.5 Å². The Kier molecular flexibility index (Phi) is 5.12. The molecule has 0 aromatic carbocycles. The van der Waals surface area contributed by atoms with Gasteiger partial charge in [0.05, 0.1) is 0 Å². The Balaban J connectivity index is 2.15. The monoisotopic (exact) mass is 248 g/mol. The molecule has 1 aliphatic rings. The molecule has 0 aromatic heterocycles. The van der Waals surface area contributed by atoms with Gasteiger partial charge in [-0.05, 0) is 20.8 Å². The Labute approximate surface area is 101 Å². The highest BCUT2D eigenvalue weighted by atomic mass is 32.2. The van der Waals surface area contributed by atoms with Gasteiger partial charge in [-0.15, -0.1) is 0 Å². The van der Waals surface area contributed by atoms with Crippen molar-refractivity contribution in [3.05, 3.63) is 0 Å². The lowest BCUT2D eigenvalue weighted by Gasteiger charge is -2.24. The number of nitrogens with one attached hydrogen (secondary N) is 2.